The Morgan fingerprint density at radius 3 is 3.00 bits per heavy atom. The van der Waals surface area contributed by atoms with Gasteiger partial charge in [-0.15, -0.1) is 0 Å². The molecule has 1 amide bonds. The third-order valence-corrected chi connectivity index (χ3v) is 3.50. The maximum absolute atomic E-state index is 12.5. The summed E-state index contributed by atoms with van der Waals surface area (Å²) in [4.78, 5) is 25.0. The molecule has 1 atom stereocenters. The Balaban J connectivity index is 2.13. The van der Waals surface area contributed by atoms with Crippen molar-refractivity contribution in [2.75, 3.05) is 6.54 Å². The molecule has 0 saturated carbocycles. The Labute approximate surface area is 112 Å². The zero-order valence-corrected chi connectivity index (χ0v) is 11.1. The van der Waals surface area contributed by atoms with E-state index in [0.717, 1.165) is 25.7 Å². The third-order valence-electron chi connectivity index (χ3n) is 3.50. The zero-order valence-electron chi connectivity index (χ0n) is 11.1. The van der Waals surface area contributed by atoms with Gasteiger partial charge >= 0.3 is 5.97 Å². The minimum absolute atomic E-state index is 0.0205. The van der Waals surface area contributed by atoms with Crippen molar-refractivity contribution in [3.05, 3.63) is 23.7 Å². The highest BCUT2D eigenvalue weighted by atomic mass is 16.4. The minimum atomic E-state index is -0.856. The van der Waals surface area contributed by atoms with Gasteiger partial charge in [-0.1, -0.05) is 6.92 Å². The van der Waals surface area contributed by atoms with Crippen molar-refractivity contribution >= 4 is 11.9 Å². The van der Waals surface area contributed by atoms with E-state index in [4.69, 9.17) is 9.52 Å². The van der Waals surface area contributed by atoms with E-state index in [0.29, 0.717) is 17.9 Å². The molecule has 1 saturated heterocycles. The van der Waals surface area contributed by atoms with Gasteiger partial charge in [0.2, 0.25) is 0 Å². The first-order valence-corrected chi connectivity index (χ1v) is 6.72. The molecule has 5 heteroatoms. The van der Waals surface area contributed by atoms with Crippen LogP contribution in [-0.2, 0) is 11.2 Å². The largest absolute Gasteiger partial charge is 0.481 e. The normalized spacial score (nSPS) is 18.8. The van der Waals surface area contributed by atoms with E-state index in [2.05, 4.69) is 0 Å². The Bertz CT molecular complexity index is 466. The lowest BCUT2D eigenvalue weighted by Gasteiger charge is -2.23. The molecule has 1 aliphatic rings. The van der Waals surface area contributed by atoms with Gasteiger partial charge in [0, 0.05) is 19.0 Å². The fourth-order valence-corrected chi connectivity index (χ4v) is 2.62. The number of carbonyl (C=O) groups is 2. The van der Waals surface area contributed by atoms with Gasteiger partial charge in [-0.05, 0) is 25.3 Å². The van der Waals surface area contributed by atoms with Crippen LogP contribution in [0, 0.1) is 0 Å². The summed E-state index contributed by atoms with van der Waals surface area (Å²) in [5, 5.41) is 8.89. The maximum atomic E-state index is 12.5. The Morgan fingerprint density at radius 2 is 2.32 bits per heavy atom. The SMILES string of the molecule is CCCc1occc1C(=O)N1CCCC1CC(=O)O. The molecule has 1 aromatic heterocycles. The lowest BCUT2D eigenvalue weighted by atomic mass is 10.1. The minimum Gasteiger partial charge on any atom is -0.481 e. The number of carboxylic acid groups (broad SMARTS) is 1. The highest BCUT2D eigenvalue weighted by molar-refractivity contribution is 5.95. The van der Waals surface area contributed by atoms with Crippen molar-refractivity contribution in [2.24, 2.45) is 0 Å². The average molecular weight is 265 g/mol. The highest BCUT2D eigenvalue weighted by Gasteiger charge is 2.32. The smallest absolute Gasteiger partial charge is 0.305 e. The number of nitrogens with zero attached hydrogens (tertiary/aromatic N) is 1. The van der Waals surface area contributed by atoms with Gasteiger partial charge in [-0.3, -0.25) is 9.59 Å². The standard InChI is InChI=1S/C14H19NO4/c1-2-4-12-11(6-8-19-12)14(18)15-7-3-5-10(15)9-13(16)17/h6,8,10H,2-5,7,9H2,1H3,(H,16,17). The van der Waals surface area contributed by atoms with Gasteiger partial charge in [0.15, 0.2) is 0 Å². The molecule has 104 valence electrons. The van der Waals surface area contributed by atoms with Crippen LogP contribution in [0.5, 0.6) is 0 Å². The number of carbonyl (C=O) groups excluding carboxylic acids is 1. The second kappa shape index (κ2) is 5.91. The van der Waals surface area contributed by atoms with Crippen LogP contribution >= 0.6 is 0 Å². The van der Waals surface area contributed by atoms with E-state index in [9.17, 15) is 9.59 Å². The fourth-order valence-electron chi connectivity index (χ4n) is 2.62. The molecule has 1 unspecified atom stereocenters. The number of hydrogen-bond donors (Lipinski definition) is 1. The first-order valence-electron chi connectivity index (χ1n) is 6.72. The lowest BCUT2D eigenvalue weighted by molar-refractivity contribution is -0.137. The van der Waals surface area contributed by atoms with Gasteiger partial charge in [0.05, 0.1) is 18.2 Å². The molecule has 19 heavy (non-hydrogen) atoms. The van der Waals surface area contributed by atoms with Crippen molar-refractivity contribution in [1.29, 1.82) is 0 Å². The molecular weight excluding hydrogens is 246 g/mol. The summed E-state index contributed by atoms with van der Waals surface area (Å²) in [6.45, 7) is 2.66. The summed E-state index contributed by atoms with van der Waals surface area (Å²) in [7, 11) is 0. The van der Waals surface area contributed by atoms with E-state index in [1.165, 1.54) is 6.26 Å². The van der Waals surface area contributed by atoms with Gasteiger partial charge in [-0.2, -0.15) is 0 Å². The fraction of sp³-hybridized carbons (Fsp3) is 0.571. The molecule has 0 spiro atoms. The van der Waals surface area contributed by atoms with Crippen LogP contribution in [0.25, 0.3) is 0 Å². The molecule has 1 aliphatic heterocycles. The summed E-state index contributed by atoms with van der Waals surface area (Å²) in [5.41, 5.74) is 0.583. The maximum Gasteiger partial charge on any atom is 0.305 e. The quantitative estimate of drug-likeness (QED) is 0.886. The summed E-state index contributed by atoms with van der Waals surface area (Å²) in [6, 6.07) is 1.50. The van der Waals surface area contributed by atoms with Crippen LogP contribution < -0.4 is 0 Å². The number of amides is 1. The van der Waals surface area contributed by atoms with E-state index in [1.807, 2.05) is 6.92 Å². The predicted octanol–water partition coefficient (Wildman–Crippen LogP) is 2.31. The van der Waals surface area contributed by atoms with Crippen molar-refractivity contribution in [3.63, 3.8) is 0 Å². The van der Waals surface area contributed by atoms with E-state index in [-0.39, 0.29) is 18.4 Å². The molecule has 0 aliphatic carbocycles. The zero-order chi connectivity index (χ0) is 13.8. The molecular formula is C14H19NO4. The lowest BCUT2D eigenvalue weighted by Crippen LogP contribution is -2.37. The van der Waals surface area contributed by atoms with Gasteiger partial charge in [0.25, 0.3) is 5.91 Å². The van der Waals surface area contributed by atoms with Crippen LogP contribution in [0.4, 0.5) is 0 Å². The van der Waals surface area contributed by atoms with E-state index >= 15 is 0 Å². The first-order chi connectivity index (χ1) is 9.13. The van der Waals surface area contributed by atoms with Gasteiger partial charge in [-0.25, -0.2) is 0 Å². The summed E-state index contributed by atoms with van der Waals surface area (Å²) in [6.07, 6.45) is 4.81. The first kappa shape index (κ1) is 13.6. The number of carboxylic acids is 1. The third kappa shape index (κ3) is 2.97. The summed E-state index contributed by atoms with van der Waals surface area (Å²) in [5.74, 6) is -0.250. The Morgan fingerprint density at radius 1 is 1.53 bits per heavy atom. The highest BCUT2D eigenvalue weighted by Crippen LogP contribution is 2.24. The second-order valence-electron chi connectivity index (χ2n) is 4.90. The van der Waals surface area contributed by atoms with Crippen molar-refractivity contribution in [3.8, 4) is 0 Å². The number of rotatable bonds is 5. The van der Waals surface area contributed by atoms with Gasteiger partial charge < -0.3 is 14.4 Å². The molecule has 5 nitrogen and oxygen atoms in total. The van der Waals surface area contributed by atoms with Crippen LogP contribution in [-0.4, -0.2) is 34.5 Å². The number of hydrogen-bond acceptors (Lipinski definition) is 3. The summed E-state index contributed by atoms with van der Waals surface area (Å²) >= 11 is 0. The molecule has 0 bridgehead atoms. The molecule has 1 N–H and O–H groups in total. The van der Waals surface area contributed by atoms with Crippen LogP contribution in [0.3, 0.4) is 0 Å². The van der Waals surface area contributed by atoms with Crippen LogP contribution in [0.1, 0.15) is 48.7 Å². The number of aliphatic carboxylic acids is 1. The Hall–Kier alpha value is -1.78. The van der Waals surface area contributed by atoms with Crippen LogP contribution in [0.15, 0.2) is 16.7 Å². The molecule has 0 radical (unpaired) electrons. The Kier molecular flexibility index (Phi) is 4.24. The second-order valence-corrected chi connectivity index (χ2v) is 4.90. The monoisotopic (exact) mass is 265 g/mol. The van der Waals surface area contributed by atoms with E-state index < -0.39 is 5.97 Å². The van der Waals surface area contributed by atoms with Crippen molar-refractivity contribution in [1.82, 2.24) is 4.90 Å². The van der Waals surface area contributed by atoms with Gasteiger partial charge in [0.1, 0.15) is 5.76 Å². The number of aryl methyl sites for hydroxylation is 1. The van der Waals surface area contributed by atoms with Crippen LogP contribution in [0.2, 0.25) is 0 Å². The molecule has 1 fully saturated rings. The predicted molar refractivity (Wildman–Crippen MR) is 69.0 cm³/mol. The van der Waals surface area contributed by atoms with Crippen molar-refractivity contribution in [2.45, 2.75) is 45.1 Å². The number of furan rings is 1. The summed E-state index contributed by atoms with van der Waals surface area (Å²) < 4.78 is 5.34. The van der Waals surface area contributed by atoms with E-state index in [1.54, 1.807) is 11.0 Å². The molecule has 2 heterocycles. The molecule has 2 rings (SSSR count). The molecule has 0 aromatic carbocycles. The van der Waals surface area contributed by atoms with Crippen molar-refractivity contribution < 1.29 is 19.1 Å². The molecule has 1 aromatic rings. The average Bonchev–Trinajstić information content (AvgIpc) is 2.97. The topological polar surface area (TPSA) is 70.8 Å². The number of likely N-dealkylation sites (tertiary alicyclic amines) is 1.